The second-order valence-electron chi connectivity index (χ2n) is 8.39. The number of unbranched alkanes of at least 4 members (excludes halogenated alkanes) is 9. The molecule has 1 heterocycles. The molecular formula is C24H38N6O6. The molecule has 0 unspecified atom stereocenters. The van der Waals surface area contributed by atoms with Crippen molar-refractivity contribution in [3.8, 4) is 0 Å². The maximum atomic E-state index is 13.0. The van der Waals surface area contributed by atoms with Gasteiger partial charge in [0.1, 0.15) is 0 Å². The first kappa shape index (κ1) is 30.7. The van der Waals surface area contributed by atoms with Gasteiger partial charge in [-0.2, -0.15) is 0 Å². The largest absolute Gasteiger partial charge is 0.482 e. The standard InChI is InChI=1S/C24H38N6O6/c1-2-3-4-13-18-36-21-27-30-23(34)28(16-11-7-5-9-14-25-19-31)22(33)29(24(30)35)17-12-8-6-10-15-26-20-32/h21H,2-18H2,1H3/b27-21+. The Morgan fingerprint density at radius 3 is 1.69 bits per heavy atom. The minimum absolute atomic E-state index is 0.145. The lowest BCUT2D eigenvalue weighted by Gasteiger charge is -2.11. The second-order valence-corrected chi connectivity index (χ2v) is 8.39. The zero-order valence-electron chi connectivity index (χ0n) is 21.2. The monoisotopic (exact) mass is 506 g/mol. The number of nitrogens with zero attached hydrogens (tertiary/aromatic N) is 6. The van der Waals surface area contributed by atoms with Crippen molar-refractivity contribution in [2.75, 3.05) is 19.7 Å². The van der Waals surface area contributed by atoms with Crippen molar-refractivity contribution in [3.63, 3.8) is 0 Å². The summed E-state index contributed by atoms with van der Waals surface area (Å²) in [5.74, 6) is 0. The van der Waals surface area contributed by atoms with Crippen LogP contribution in [0.15, 0.2) is 29.5 Å². The summed E-state index contributed by atoms with van der Waals surface area (Å²) in [6.07, 6.45) is 13.7. The van der Waals surface area contributed by atoms with Gasteiger partial charge in [0, 0.05) is 13.1 Å². The van der Waals surface area contributed by atoms with E-state index in [0.717, 1.165) is 66.9 Å². The Morgan fingerprint density at radius 2 is 1.19 bits per heavy atom. The summed E-state index contributed by atoms with van der Waals surface area (Å²) in [4.78, 5) is 66.0. The Morgan fingerprint density at radius 1 is 0.694 bits per heavy atom. The van der Waals surface area contributed by atoms with E-state index in [-0.39, 0.29) is 13.1 Å². The first-order valence-electron chi connectivity index (χ1n) is 12.8. The van der Waals surface area contributed by atoms with E-state index in [9.17, 15) is 24.0 Å². The molecule has 0 fully saturated rings. The summed E-state index contributed by atoms with van der Waals surface area (Å²) in [5, 5.41) is 3.91. The van der Waals surface area contributed by atoms with E-state index in [0.29, 0.717) is 50.1 Å². The quantitative estimate of drug-likeness (QED) is 0.108. The van der Waals surface area contributed by atoms with Gasteiger partial charge in [-0.05, 0) is 32.1 Å². The van der Waals surface area contributed by atoms with Gasteiger partial charge in [-0.15, -0.1) is 9.78 Å². The van der Waals surface area contributed by atoms with Crippen LogP contribution >= 0.6 is 0 Å². The van der Waals surface area contributed by atoms with Crippen molar-refractivity contribution in [3.05, 3.63) is 31.5 Å². The molecule has 0 spiro atoms. The van der Waals surface area contributed by atoms with Crippen LogP contribution < -0.4 is 17.1 Å². The molecule has 0 aliphatic carbocycles. The molecule has 0 bridgehead atoms. The zero-order valence-corrected chi connectivity index (χ0v) is 21.2. The minimum Gasteiger partial charge on any atom is -0.482 e. The Hall–Kier alpha value is -3.36. The second kappa shape index (κ2) is 19.9. The third-order valence-corrected chi connectivity index (χ3v) is 5.57. The highest BCUT2D eigenvalue weighted by Gasteiger charge is 2.15. The molecule has 200 valence electrons. The van der Waals surface area contributed by atoms with Crippen LogP contribution in [0.2, 0.25) is 0 Å². The molecule has 0 aliphatic heterocycles. The third kappa shape index (κ3) is 11.9. The van der Waals surface area contributed by atoms with Crippen LogP contribution in [0.4, 0.5) is 0 Å². The average Bonchev–Trinajstić information content (AvgIpc) is 2.87. The fourth-order valence-electron chi connectivity index (χ4n) is 3.57. The fraction of sp³-hybridized carbons (Fsp3) is 0.750. The number of rotatable bonds is 21. The number of isocyanates is 2. The van der Waals surface area contributed by atoms with E-state index >= 15 is 0 Å². The lowest BCUT2D eigenvalue weighted by atomic mass is 10.2. The highest BCUT2D eigenvalue weighted by atomic mass is 16.5. The molecule has 12 nitrogen and oxygen atoms in total. The fourth-order valence-corrected chi connectivity index (χ4v) is 3.57. The lowest BCUT2D eigenvalue weighted by Crippen LogP contribution is -2.53. The summed E-state index contributed by atoms with van der Waals surface area (Å²) < 4.78 is 8.07. The molecule has 0 N–H and O–H groups in total. The van der Waals surface area contributed by atoms with E-state index in [2.05, 4.69) is 22.0 Å². The summed E-state index contributed by atoms with van der Waals surface area (Å²) in [5.41, 5.74) is -2.26. The van der Waals surface area contributed by atoms with Gasteiger partial charge < -0.3 is 4.74 Å². The summed E-state index contributed by atoms with van der Waals surface area (Å²) in [7, 11) is 0. The van der Waals surface area contributed by atoms with Gasteiger partial charge in [0.05, 0.1) is 19.7 Å². The molecule has 0 amide bonds. The summed E-state index contributed by atoms with van der Waals surface area (Å²) in [6.45, 7) is 3.62. The highest BCUT2D eigenvalue weighted by molar-refractivity contribution is 5.45. The smallest absolute Gasteiger partial charge is 0.357 e. The summed E-state index contributed by atoms with van der Waals surface area (Å²) >= 11 is 0. The topological polar surface area (TPSA) is 146 Å². The van der Waals surface area contributed by atoms with Gasteiger partial charge in [0.25, 0.3) is 0 Å². The van der Waals surface area contributed by atoms with Gasteiger partial charge in [-0.3, -0.25) is 0 Å². The molecule has 0 aliphatic rings. The van der Waals surface area contributed by atoms with Crippen molar-refractivity contribution < 1.29 is 14.3 Å². The summed E-state index contributed by atoms with van der Waals surface area (Å²) in [6, 6.07) is 0. The predicted octanol–water partition coefficient (Wildman–Crippen LogP) is 2.35. The van der Waals surface area contributed by atoms with Crippen LogP contribution in [-0.4, -0.2) is 52.1 Å². The number of hydrogen-bond acceptors (Lipinski definition) is 9. The van der Waals surface area contributed by atoms with Gasteiger partial charge in [-0.1, -0.05) is 51.9 Å². The molecule has 0 saturated heterocycles. The normalized spacial score (nSPS) is 10.8. The number of ether oxygens (including phenoxy) is 1. The molecule has 36 heavy (non-hydrogen) atoms. The first-order valence-corrected chi connectivity index (χ1v) is 12.8. The maximum absolute atomic E-state index is 13.0. The minimum atomic E-state index is -0.802. The van der Waals surface area contributed by atoms with Crippen LogP contribution in [0, 0.1) is 0 Å². The number of aromatic nitrogens is 3. The van der Waals surface area contributed by atoms with E-state index in [1.807, 2.05) is 0 Å². The number of hydrogen-bond donors (Lipinski definition) is 0. The maximum Gasteiger partial charge on any atom is 0.357 e. The average molecular weight is 507 g/mol. The third-order valence-electron chi connectivity index (χ3n) is 5.57. The van der Waals surface area contributed by atoms with Crippen molar-refractivity contribution in [2.24, 2.45) is 15.1 Å². The van der Waals surface area contributed by atoms with Crippen LogP contribution in [0.25, 0.3) is 0 Å². The Bertz CT molecular complexity index is 992. The van der Waals surface area contributed by atoms with Crippen LogP contribution in [0.5, 0.6) is 0 Å². The van der Waals surface area contributed by atoms with Crippen molar-refractivity contribution in [1.29, 1.82) is 0 Å². The Labute approximate surface area is 210 Å². The van der Waals surface area contributed by atoms with E-state index in [1.54, 1.807) is 0 Å². The van der Waals surface area contributed by atoms with Crippen molar-refractivity contribution in [2.45, 2.75) is 97.1 Å². The van der Waals surface area contributed by atoms with Gasteiger partial charge in [0.15, 0.2) is 6.40 Å². The van der Waals surface area contributed by atoms with E-state index < -0.39 is 17.1 Å². The molecule has 12 heteroatoms. The zero-order chi connectivity index (χ0) is 26.4. The van der Waals surface area contributed by atoms with Crippen molar-refractivity contribution >= 4 is 18.6 Å². The van der Waals surface area contributed by atoms with Gasteiger partial charge >= 0.3 is 17.1 Å². The van der Waals surface area contributed by atoms with Gasteiger partial charge in [-0.25, -0.2) is 43.1 Å². The molecule has 1 aromatic heterocycles. The Kier molecular flexibility index (Phi) is 16.9. The predicted molar refractivity (Wildman–Crippen MR) is 136 cm³/mol. The number of carbonyl (C=O) groups excluding carboxylic acids is 2. The number of aliphatic imine (C=N–C) groups is 2. The molecular weight excluding hydrogens is 468 g/mol. The highest BCUT2D eigenvalue weighted by Crippen LogP contribution is 2.02. The lowest BCUT2D eigenvalue weighted by molar-refractivity contribution is 0.302. The molecule has 1 aromatic rings. The first-order chi connectivity index (χ1) is 17.6. The molecule has 0 radical (unpaired) electrons. The Balaban J connectivity index is 2.94. The van der Waals surface area contributed by atoms with Crippen LogP contribution in [0.3, 0.4) is 0 Å². The van der Waals surface area contributed by atoms with Crippen LogP contribution in [-0.2, 0) is 27.4 Å². The van der Waals surface area contributed by atoms with Crippen molar-refractivity contribution in [1.82, 2.24) is 13.8 Å². The molecule has 0 aromatic carbocycles. The molecule has 0 atom stereocenters. The molecule has 0 saturated carbocycles. The molecule has 1 rings (SSSR count). The van der Waals surface area contributed by atoms with E-state index in [4.69, 9.17) is 4.74 Å². The van der Waals surface area contributed by atoms with Gasteiger partial charge in [0.2, 0.25) is 12.2 Å². The SMILES string of the molecule is CCCCCCO/C=N/n1c(=O)n(CCCCCCN=C=O)c(=O)n(CCCCCCN=C=O)c1=O. The van der Waals surface area contributed by atoms with Crippen LogP contribution in [0.1, 0.15) is 84.0 Å². The van der Waals surface area contributed by atoms with E-state index in [1.165, 1.54) is 12.2 Å².